The molecule has 1 aliphatic rings. The van der Waals surface area contributed by atoms with Crippen molar-refractivity contribution in [2.75, 3.05) is 13.1 Å². The van der Waals surface area contributed by atoms with E-state index in [1.807, 2.05) is 17.0 Å². The first-order valence-electron chi connectivity index (χ1n) is 8.25. The van der Waals surface area contributed by atoms with Crippen LogP contribution in [0.1, 0.15) is 35.2 Å². The van der Waals surface area contributed by atoms with Crippen molar-refractivity contribution in [1.29, 1.82) is 0 Å². The molecule has 6 heteroatoms. The van der Waals surface area contributed by atoms with E-state index in [9.17, 15) is 4.79 Å². The molecule has 1 atom stereocenters. The number of hydrogen-bond acceptors (Lipinski definition) is 4. The molecule has 1 N–H and O–H groups in total. The first-order valence-corrected chi connectivity index (χ1v) is 8.63. The quantitative estimate of drug-likeness (QED) is 0.926. The van der Waals surface area contributed by atoms with Gasteiger partial charge in [-0.05, 0) is 50.6 Å². The van der Waals surface area contributed by atoms with E-state index >= 15 is 0 Å². The van der Waals surface area contributed by atoms with Crippen LogP contribution in [-0.4, -0.2) is 39.9 Å². The van der Waals surface area contributed by atoms with Gasteiger partial charge in [0.2, 0.25) is 0 Å². The highest BCUT2D eigenvalue weighted by Gasteiger charge is 2.26. The summed E-state index contributed by atoms with van der Waals surface area (Å²) < 4.78 is 0. The highest BCUT2D eigenvalue weighted by Crippen LogP contribution is 2.21. The molecule has 1 amide bonds. The van der Waals surface area contributed by atoms with Crippen LogP contribution < -0.4 is 5.32 Å². The summed E-state index contributed by atoms with van der Waals surface area (Å²) in [5.41, 5.74) is 1.56. The highest BCUT2D eigenvalue weighted by molar-refractivity contribution is 6.30. The molecular formula is C18H21ClN4O. The van der Waals surface area contributed by atoms with Gasteiger partial charge in [0.15, 0.2) is 0 Å². The molecule has 1 fully saturated rings. The van der Waals surface area contributed by atoms with Crippen LogP contribution in [-0.2, 0) is 6.54 Å². The second kappa shape index (κ2) is 8.22. The monoisotopic (exact) mass is 344 g/mol. The molecule has 2 aromatic rings. The van der Waals surface area contributed by atoms with Crippen LogP contribution in [0.4, 0.5) is 0 Å². The van der Waals surface area contributed by atoms with Crippen molar-refractivity contribution in [2.24, 2.45) is 0 Å². The minimum absolute atomic E-state index is 0.00764. The topological polar surface area (TPSA) is 58.1 Å². The fourth-order valence-corrected chi connectivity index (χ4v) is 3.27. The van der Waals surface area contributed by atoms with Crippen LogP contribution in [0.2, 0.25) is 5.02 Å². The van der Waals surface area contributed by atoms with Gasteiger partial charge in [-0.25, -0.2) is 9.97 Å². The molecule has 1 unspecified atom stereocenters. The van der Waals surface area contributed by atoms with Crippen molar-refractivity contribution in [3.63, 3.8) is 0 Å². The molecule has 1 aromatic heterocycles. The Morgan fingerprint density at radius 2 is 2.08 bits per heavy atom. The van der Waals surface area contributed by atoms with Crippen LogP contribution >= 0.6 is 11.6 Å². The molecule has 0 spiro atoms. The summed E-state index contributed by atoms with van der Waals surface area (Å²) >= 11 is 6.06. The summed E-state index contributed by atoms with van der Waals surface area (Å²) in [5, 5.41) is 3.98. The Hall–Kier alpha value is -1.98. The van der Waals surface area contributed by atoms with Gasteiger partial charge >= 0.3 is 0 Å². The third-order valence-corrected chi connectivity index (χ3v) is 4.52. The summed E-state index contributed by atoms with van der Waals surface area (Å²) in [7, 11) is 0. The van der Waals surface area contributed by atoms with Crippen LogP contribution in [0, 0.1) is 0 Å². The van der Waals surface area contributed by atoms with E-state index in [4.69, 9.17) is 11.6 Å². The van der Waals surface area contributed by atoms with Gasteiger partial charge in [0, 0.05) is 41.1 Å². The van der Waals surface area contributed by atoms with Gasteiger partial charge in [-0.2, -0.15) is 0 Å². The lowest BCUT2D eigenvalue weighted by Crippen LogP contribution is -2.40. The smallest absolute Gasteiger partial charge is 0.254 e. The fraction of sp³-hybridized carbons (Fsp3) is 0.389. The first-order chi connectivity index (χ1) is 11.7. The molecule has 24 heavy (non-hydrogen) atoms. The maximum atomic E-state index is 13.1. The molecule has 0 aliphatic carbocycles. The van der Waals surface area contributed by atoms with Crippen molar-refractivity contribution in [3.8, 4) is 0 Å². The lowest BCUT2D eigenvalue weighted by Gasteiger charge is -2.31. The van der Waals surface area contributed by atoms with Gasteiger partial charge in [-0.1, -0.05) is 17.7 Å². The molecule has 5 nitrogen and oxygen atoms in total. The second-order valence-corrected chi connectivity index (χ2v) is 6.46. The minimum atomic E-state index is 0.00764. The van der Waals surface area contributed by atoms with Gasteiger partial charge in [-0.3, -0.25) is 4.79 Å². The Labute approximate surface area is 147 Å². The lowest BCUT2D eigenvalue weighted by atomic mass is 10.0. The highest BCUT2D eigenvalue weighted by atomic mass is 35.5. The number of aromatic nitrogens is 2. The van der Waals surface area contributed by atoms with E-state index in [1.54, 1.807) is 24.5 Å². The number of carbonyl (C=O) groups excluding carboxylic acids is 1. The molecular weight excluding hydrogens is 324 g/mol. The number of carbonyl (C=O) groups is 1. The fourth-order valence-electron chi connectivity index (χ4n) is 3.07. The van der Waals surface area contributed by atoms with E-state index in [0.717, 1.165) is 37.9 Å². The maximum Gasteiger partial charge on any atom is 0.254 e. The van der Waals surface area contributed by atoms with Gasteiger partial charge in [0.1, 0.15) is 6.33 Å². The summed E-state index contributed by atoms with van der Waals surface area (Å²) in [6, 6.07) is 7.34. The molecule has 1 saturated heterocycles. The average molecular weight is 345 g/mol. The number of nitrogens with one attached hydrogen (secondary N) is 1. The molecule has 1 aromatic carbocycles. The van der Waals surface area contributed by atoms with E-state index in [1.165, 1.54) is 6.33 Å². The number of rotatable bonds is 4. The summed E-state index contributed by atoms with van der Waals surface area (Å²) in [6.45, 7) is 2.44. The predicted octanol–water partition coefficient (Wildman–Crippen LogP) is 2.91. The summed E-state index contributed by atoms with van der Waals surface area (Å²) in [4.78, 5) is 23.2. The zero-order chi connectivity index (χ0) is 16.8. The summed E-state index contributed by atoms with van der Waals surface area (Å²) in [6.07, 6.45) is 8.03. The molecule has 2 heterocycles. The number of nitrogens with zero attached hydrogens (tertiary/aromatic N) is 3. The van der Waals surface area contributed by atoms with Crippen LogP contribution in [0.5, 0.6) is 0 Å². The Bertz CT molecular complexity index is 672. The Morgan fingerprint density at radius 3 is 2.88 bits per heavy atom. The van der Waals surface area contributed by atoms with Crippen molar-refractivity contribution in [1.82, 2.24) is 20.2 Å². The van der Waals surface area contributed by atoms with E-state index < -0.39 is 0 Å². The third-order valence-electron chi connectivity index (χ3n) is 4.29. The van der Waals surface area contributed by atoms with Crippen LogP contribution in [0.25, 0.3) is 0 Å². The van der Waals surface area contributed by atoms with Crippen molar-refractivity contribution in [2.45, 2.75) is 31.8 Å². The SMILES string of the molecule is O=C(c1cccc(Cl)c1)N(Cc1cncnc1)C1CCCNCC1. The van der Waals surface area contributed by atoms with Crippen molar-refractivity contribution < 1.29 is 4.79 Å². The Kier molecular flexibility index (Phi) is 5.77. The Balaban J connectivity index is 1.86. The zero-order valence-electron chi connectivity index (χ0n) is 13.5. The van der Waals surface area contributed by atoms with E-state index in [-0.39, 0.29) is 11.9 Å². The van der Waals surface area contributed by atoms with E-state index in [2.05, 4.69) is 15.3 Å². The number of halogens is 1. The predicted molar refractivity (Wildman–Crippen MR) is 93.9 cm³/mol. The van der Waals surface area contributed by atoms with Gasteiger partial charge in [0.05, 0.1) is 0 Å². The number of amides is 1. The summed E-state index contributed by atoms with van der Waals surface area (Å²) in [5.74, 6) is 0.00764. The maximum absolute atomic E-state index is 13.1. The lowest BCUT2D eigenvalue weighted by molar-refractivity contribution is 0.0645. The molecule has 126 valence electrons. The molecule has 3 rings (SSSR count). The minimum Gasteiger partial charge on any atom is -0.331 e. The van der Waals surface area contributed by atoms with Crippen molar-refractivity contribution in [3.05, 3.63) is 59.1 Å². The Morgan fingerprint density at radius 1 is 1.25 bits per heavy atom. The zero-order valence-corrected chi connectivity index (χ0v) is 14.2. The van der Waals surface area contributed by atoms with Crippen LogP contribution in [0.3, 0.4) is 0 Å². The molecule has 0 saturated carbocycles. The first kappa shape index (κ1) is 16.9. The largest absolute Gasteiger partial charge is 0.331 e. The second-order valence-electron chi connectivity index (χ2n) is 6.02. The van der Waals surface area contributed by atoms with Gasteiger partial charge in [-0.15, -0.1) is 0 Å². The third kappa shape index (κ3) is 4.30. The average Bonchev–Trinajstić information content (AvgIpc) is 2.89. The number of benzene rings is 1. The van der Waals surface area contributed by atoms with Crippen molar-refractivity contribution >= 4 is 17.5 Å². The number of hydrogen-bond donors (Lipinski definition) is 1. The molecule has 1 aliphatic heterocycles. The van der Waals surface area contributed by atoms with Crippen LogP contribution in [0.15, 0.2) is 43.0 Å². The molecule has 0 bridgehead atoms. The van der Waals surface area contributed by atoms with Gasteiger partial charge < -0.3 is 10.2 Å². The standard InChI is InChI=1S/C18H21ClN4O/c19-16-4-1-3-15(9-16)18(24)23(12-14-10-21-13-22-11-14)17-5-2-7-20-8-6-17/h1,3-4,9-11,13,17,20H,2,5-8,12H2. The van der Waals surface area contributed by atoms with E-state index in [0.29, 0.717) is 17.1 Å². The molecule has 0 radical (unpaired) electrons. The van der Waals surface area contributed by atoms with Gasteiger partial charge in [0.25, 0.3) is 5.91 Å². The normalized spacial score (nSPS) is 18.0.